The fourth-order valence-electron chi connectivity index (χ4n) is 2.65. The van der Waals surface area contributed by atoms with Gasteiger partial charge in [0.25, 0.3) is 19.3 Å². The maximum absolute atomic E-state index is 13.4. The maximum Gasteiger partial charge on any atom is 0.647 e. The summed E-state index contributed by atoms with van der Waals surface area (Å²) >= 11 is 0. The van der Waals surface area contributed by atoms with E-state index in [9.17, 15) is 30.9 Å². The van der Waals surface area contributed by atoms with Gasteiger partial charge in [-0.05, 0) is 36.4 Å². The molecule has 3 aromatic carbocycles. The van der Waals surface area contributed by atoms with Crippen molar-refractivity contribution >= 4 is 7.82 Å². The SMILES string of the molecule is O=P(Oc1ccccc1C(F)F)(Oc1ccccc1C(F)F)Oc1ccccc1C(F)F. The van der Waals surface area contributed by atoms with Gasteiger partial charge >= 0.3 is 7.82 Å². The molecular formula is C21H15F6O4P. The van der Waals surface area contributed by atoms with Crippen molar-refractivity contribution in [3.05, 3.63) is 89.5 Å². The van der Waals surface area contributed by atoms with Gasteiger partial charge in [0.2, 0.25) is 0 Å². The van der Waals surface area contributed by atoms with Crippen LogP contribution in [0.5, 0.6) is 17.2 Å². The van der Waals surface area contributed by atoms with Gasteiger partial charge in [-0.3, -0.25) is 0 Å². The van der Waals surface area contributed by atoms with Crippen LogP contribution in [0.15, 0.2) is 72.8 Å². The second kappa shape index (κ2) is 9.99. The van der Waals surface area contributed by atoms with Crippen molar-refractivity contribution in [2.75, 3.05) is 0 Å². The van der Waals surface area contributed by atoms with Crippen LogP contribution in [0.3, 0.4) is 0 Å². The third-order valence-electron chi connectivity index (χ3n) is 4.09. The minimum Gasteiger partial charge on any atom is -0.385 e. The van der Waals surface area contributed by atoms with Crippen LogP contribution in [0.25, 0.3) is 0 Å². The highest BCUT2D eigenvalue weighted by Crippen LogP contribution is 2.53. The van der Waals surface area contributed by atoms with Crippen LogP contribution >= 0.6 is 7.82 Å². The zero-order valence-corrected chi connectivity index (χ0v) is 16.9. The molecule has 0 saturated carbocycles. The lowest BCUT2D eigenvalue weighted by Gasteiger charge is -2.22. The van der Waals surface area contributed by atoms with Crippen molar-refractivity contribution in [2.45, 2.75) is 19.3 Å². The zero-order chi connectivity index (χ0) is 23.3. The van der Waals surface area contributed by atoms with Gasteiger partial charge in [-0.15, -0.1) is 0 Å². The van der Waals surface area contributed by atoms with E-state index < -0.39 is 61.0 Å². The van der Waals surface area contributed by atoms with Crippen LogP contribution in [-0.4, -0.2) is 0 Å². The van der Waals surface area contributed by atoms with Gasteiger partial charge in [0.05, 0.1) is 16.7 Å². The van der Waals surface area contributed by atoms with E-state index in [0.29, 0.717) is 0 Å². The molecule has 0 fully saturated rings. The van der Waals surface area contributed by atoms with Crippen LogP contribution in [0, 0.1) is 0 Å². The molecule has 4 nitrogen and oxygen atoms in total. The molecule has 0 N–H and O–H groups in total. The molecule has 0 bridgehead atoms. The molecule has 170 valence electrons. The quantitative estimate of drug-likeness (QED) is 0.231. The smallest absolute Gasteiger partial charge is 0.385 e. The van der Waals surface area contributed by atoms with E-state index >= 15 is 0 Å². The summed E-state index contributed by atoms with van der Waals surface area (Å²) in [6.07, 6.45) is -9.16. The Morgan fingerprint density at radius 2 is 0.750 bits per heavy atom. The van der Waals surface area contributed by atoms with Crippen LogP contribution in [0.4, 0.5) is 26.3 Å². The first-order valence-corrected chi connectivity index (χ1v) is 10.5. The number of para-hydroxylation sites is 3. The first-order chi connectivity index (χ1) is 15.2. The molecular weight excluding hydrogens is 461 g/mol. The topological polar surface area (TPSA) is 44.8 Å². The van der Waals surface area contributed by atoms with Gasteiger partial charge < -0.3 is 13.6 Å². The normalized spacial score (nSPS) is 11.8. The summed E-state index contributed by atoms with van der Waals surface area (Å²) in [5.74, 6) is -1.89. The first-order valence-electron chi connectivity index (χ1n) is 9.00. The second-order valence-corrected chi connectivity index (χ2v) is 7.68. The minimum atomic E-state index is -5.08. The monoisotopic (exact) mass is 476 g/mol. The Balaban J connectivity index is 2.07. The molecule has 0 spiro atoms. The summed E-state index contributed by atoms with van der Waals surface area (Å²) in [6, 6.07) is 13.6. The lowest BCUT2D eigenvalue weighted by molar-refractivity contribution is 0.145. The fourth-order valence-corrected chi connectivity index (χ4v) is 3.98. The third-order valence-corrected chi connectivity index (χ3v) is 5.35. The van der Waals surface area contributed by atoms with E-state index in [1.54, 1.807) is 0 Å². The van der Waals surface area contributed by atoms with Crippen LogP contribution in [-0.2, 0) is 4.57 Å². The molecule has 32 heavy (non-hydrogen) atoms. The van der Waals surface area contributed by atoms with E-state index in [2.05, 4.69) is 0 Å². The zero-order valence-electron chi connectivity index (χ0n) is 16.0. The Morgan fingerprint density at radius 3 is 1.00 bits per heavy atom. The molecule has 0 aromatic heterocycles. The first kappa shape index (κ1) is 23.5. The predicted molar refractivity (Wildman–Crippen MR) is 104 cm³/mol. The summed E-state index contributed by atoms with van der Waals surface area (Å²) in [5, 5.41) is 0. The number of benzene rings is 3. The number of rotatable bonds is 9. The highest BCUT2D eigenvalue weighted by Gasteiger charge is 2.37. The highest BCUT2D eigenvalue weighted by atomic mass is 31.2. The largest absolute Gasteiger partial charge is 0.647 e. The average molecular weight is 476 g/mol. The average Bonchev–Trinajstić information content (AvgIpc) is 2.74. The van der Waals surface area contributed by atoms with Crippen molar-refractivity contribution in [3.63, 3.8) is 0 Å². The second-order valence-electron chi connectivity index (χ2n) is 6.24. The maximum atomic E-state index is 13.4. The van der Waals surface area contributed by atoms with Gasteiger partial charge in [0, 0.05) is 0 Å². The van der Waals surface area contributed by atoms with Crippen molar-refractivity contribution in [3.8, 4) is 17.2 Å². The van der Waals surface area contributed by atoms with E-state index in [1.165, 1.54) is 36.4 Å². The molecule has 0 aliphatic carbocycles. The Hall–Kier alpha value is -3.13. The molecule has 0 amide bonds. The van der Waals surface area contributed by atoms with Gasteiger partial charge in [0.15, 0.2) is 0 Å². The molecule has 3 rings (SSSR count). The Bertz CT molecular complexity index is 972. The highest BCUT2D eigenvalue weighted by molar-refractivity contribution is 7.49. The van der Waals surface area contributed by atoms with Gasteiger partial charge in [-0.1, -0.05) is 36.4 Å². The Kier molecular flexibility index (Phi) is 7.35. The number of alkyl halides is 6. The molecule has 3 aromatic rings. The molecule has 0 aliphatic heterocycles. The van der Waals surface area contributed by atoms with Crippen molar-refractivity contribution in [1.82, 2.24) is 0 Å². The van der Waals surface area contributed by atoms with Gasteiger partial charge in [0.1, 0.15) is 17.2 Å². The lowest BCUT2D eigenvalue weighted by atomic mass is 10.2. The van der Waals surface area contributed by atoms with E-state index in [4.69, 9.17) is 13.6 Å². The van der Waals surface area contributed by atoms with Crippen molar-refractivity contribution in [1.29, 1.82) is 0 Å². The van der Waals surface area contributed by atoms with E-state index in [0.717, 1.165) is 36.4 Å². The predicted octanol–water partition coefficient (Wildman–Crippen LogP) is 8.14. The molecule has 0 heterocycles. The standard InChI is InChI=1S/C21H15F6O4P/c22-19(23)13-7-1-4-10-16(13)29-32(28,30-17-11-5-2-8-14(17)20(24)25)31-18-12-6-3-9-15(18)21(26)27/h1-12,19-21H. The van der Waals surface area contributed by atoms with Crippen LogP contribution in [0.1, 0.15) is 36.0 Å². The molecule has 0 atom stereocenters. The minimum absolute atomic E-state index is 0.630. The van der Waals surface area contributed by atoms with Crippen molar-refractivity contribution < 1.29 is 44.5 Å². The Morgan fingerprint density at radius 1 is 0.500 bits per heavy atom. The van der Waals surface area contributed by atoms with Crippen molar-refractivity contribution in [2.24, 2.45) is 0 Å². The van der Waals surface area contributed by atoms with Crippen LogP contribution < -0.4 is 13.6 Å². The van der Waals surface area contributed by atoms with Crippen LogP contribution in [0.2, 0.25) is 0 Å². The number of hydrogen-bond donors (Lipinski definition) is 0. The number of halogens is 6. The number of hydrogen-bond acceptors (Lipinski definition) is 4. The fraction of sp³-hybridized carbons (Fsp3) is 0.143. The summed E-state index contributed by atoms with van der Waals surface area (Å²) in [4.78, 5) is 0. The van der Waals surface area contributed by atoms with Gasteiger partial charge in [-0.2, -0.15) is 4.57 Å². The number of phosphoric acid groups is 1. The van der Waals surface area contributed by atoms with E-state index in [-0.39, 0.29) is 0 Å². The molecule has 0 saturated heterocycles. The molecule has 0 unspecified atom stereocenters. The van der Waals surface area contributed by atoms with Gasteiger partial charge in [-0.25, -0.2) is 26.3 Å². The summed E-state index contributed by atoms with van der Waals surface area (Å²) in [7, 11) is -5.08. The lowest BCUT2D eigenvalue weighted by Crippen LogP contribution is -2.10. The summed E-state index contributed by atoms with van der Waals surface area (Å²) in [5.41, 5.74) is -2.07. The number of phosphoric ester groups is 1. The summed E-state index contributed by atoms with van der Waals surface area (Å²) < 4.78 is 109. The summed E-state index contributed by atoms with van der Waals surface area (Å²) in [6.45, 7) is 0. The van der Waals surface area contributed by atoms with E-state index in [1.807, 2.05) is 0 Å². The molecule has 0 aliphatic rings. The third kappa shape index (κ3) is 5.56. The molecule has 11 heteroatoms. The molecule has 0 radical (unpaired) electrons. The Labute approximate surface area is 179 Å².